The molecule has 0 fully saturated rings. The summed E-state index contributed by atoms with van der Waals surface area (Å²) in [6, 6.07) is 9.53. The number of H-pyrrole nitrogens is 1. The molecule has 0 spiro atoms. The number of ether oxygens (including phenoxy) is 1. The molecule has 0 aliphatic heterocycles. The number of carbonyl (C=O) groups is 1. The first-order valence-electron chi connectivity index (χ1n) is 5.91. The van der Waals surface area contributed by atoms with E-state index >= 15 is 0 Å². The van der Waals surface area contributed by atoms with Gasteiger partial charge < -0.3 is 15.5 Å². The first-order valence-corrected chi connectivity index (χ1v) is 5.91. The highest BCUT2D eigenvalue weighted by atomic mass is 16.5. The summed E-state index contributed by atoms with van der Waals surface area (Å²) in [5, 5.41) is 9.12. The summed E-state index contributed by atoms with van der Waals surface area (Å²) >= 11 is 0. The van der Waals surface area contributed by atoms with E-state index in [4.69, 9.17) is 11.0 Å². The van der Waals surface area contributed by atoms with Crippen molar-refractivity contribution in [3.05, 3.63) is 35.9 Å². The number of aromatic nitrogens is 1. The van der Waals surface area contributed by atoms with Gasteiger partial charge >= 0.3 is 6.09 Å². The molecule has 6 heteroatoms. The summed E-state index contributed by atoms with van der Waals surface area (Å²) in [5.74, 6) is 0.244. The molecule has 6 nitrogen and oxygen atoms in total. The van der Waals surface area contributed by atoms with Crippen LogP contribution >= 0.6 is 0 Å². The number of nitriles is 1. The number of hydrogen-bond acceptors (Lipinski definition) is 4. The molecule has 0 saturated carbocycles. The quantitative estimate of drug-likeness (QED) is 0.647. The molecule has 102 valence electrons. The van der Waals surface area contributed by atoms with Gasteiger partial charge in [0.2, 0.25) is 0 Å². The van der Waals surface area contributed by atoms with Crippen LogP contribution in [0.3, 0.4) is 0 Å². The Bertz CT molecular complexity index is 670. The van der Waals surface area contributed by atoms with E-state index in [1.165, 1.54) is 7.11 Å². The SMILES string of the molecule is COC(=O)N(C#N)c1c(N)[nH]c(-c2ccccc2)c1C. The standard InChI is InChI=1S/C14H14N4O2/c1-9-11(10-6-4-3-5-7-10)17-13(16)12(9)18(8-15)14(19)20-2/h3-7,17H,16H2,1-2H3. The summed E-state index contributed by atoms with van der Waals surface area (Å²) in [5.41, 5.74) is 8.61. The Balaban J connectivity index is 2.55. The highest BCUT2D eigenvalue weighted by Crippen LogP contribution is 2.35. The lowest BCUT2D eigenvalue weighted by Gasteiger charge is -2.12. The maximum atomic E-state index is 11.6. The van der Waals surface area contributed by atoms with Gasteiger partial charge in [-0.15, -0.1) is 0 Å². The lowest BCUT2D eigenvalue weighted by Crippen LogP contribution is -2.26. The second kappa shape index (κ2) is 5.36. The number of nitrogens with two attached hydrogens (primary N) is 1. The second-order valence-corrected chi connectivity index (χ2v) is 4.16. The van der Waals surface area contributed by atoms with Crippen LogP contribution in [0, 0.1) is 18.4 Å². The van der Waals surface area contributed by atoms with E-state index in [0.717, 1.165) is 16.2 Å². The fourth-order valence-electron chi connectivity index (χ4n) is 2.06. The van der Waals surface area contributed by atoms with E-state index in [0.29, 0.717) is 11.3 Å². The van der Waals surface area contributed by atoms with Crippen molar-refractivity contribution in [2.45, 2.75) is 6.92 Å². The lowest BCUT2D eigenvalue weighted by molar-refractivity contribution is 0.181. The Labute approximate surface area is 116 Å². The normalized spacial score (nSPS) is 9.85. The zero-order valence-corrected chi connectivity index (χ0v) is 11.2. The van der Waals surface area contributed by atoms with Crippen LogP contribution in [0.15, 0.2) is 30.3 Å². The van der Waals surface area contributed by atoms with E-state index < -0.39 is 6.09 Å². The Morgan fingerprint density at radius 2 is 2.05 bits per heavy atom. The zero-order valence-electron chi connectivity index (χ0n) is 11.2. The Morgan fingerprint density at radius 1 is 1.40 bits per heavy atom. The van der Waals surface area contributed by atoms with Crippen LogP contribution in [0.5, 0.6) is 0 Å². The highest BCUT2D eigenvalue weighted by molar-refractivity contribution is 5.97. The lowest BCUT2D eigenvalue weighted by atomic mass is 10.1. The number of rotatable bonds is 2. The summed E-state index contributed by atoms with van der Waals surface area (Å²) in [4.78, 5) is 15.4. The molecular formula is C14H14N4O2. The van der Waals surface area contributed by atoms with Crippen LogP contribution in [0.25, 0.3) is 11.3 Å². The Kier molecular flexibility index (Phi) is 3.62. The minimum Gasteiger partial charge on any atom is -0.452 e. The predicted octanol–water partition coefficient (Wildman–Crippen LogP) is 2.63. The van der Waals surface area contributed by atoms with Gasteiger partial charge in [-0.1, -0.05) is 30.3 Å². The van der Waals surface area contributed by atoms with E-state index in [9.17, 15) is 4.79 Å². The molecule has 0 atom stereocenters. The number of nitrogens with zero attached hydrogens (tertiary/aromatic N) is 2. The third-order valence-electron chi connectivity index (χ3n) is 2.99. The monoisotopic (exact) mass is 270 g/mol. The third kappa shape index (κ3) is 2.17. The highest BCUT2D eigenvalue weighted by Gasteiger charge is 2.24. The number of nitrogen functional groups attached to an aromatic ring is 1. The molecule has 0 aliphatic carbocycles. The van der Waals surface area contributed by atoms with E-state index in [1.54, 1.807) is 13.1 Å². The molecule has 0 aliphatic rings. The van der Waals surface area contributed by atoms with Crippen LogP contribution in [-0.4, -0.2) is 18.2 Å². The predicted molar refractivity (Wildman–Crippen MR) is 75.9 cm³/mol. The molecule has 0 unspecified atom stereocenters. The van der Waals surface area contributed by atoms with Gasteiger partial charge in [-0.05, 0) is 12.5 Å². The minimum absolute atomic E-state index is 0.244. The van der Waals surface area contributed by atoms with Crippen molar-refractivity contribution in [2.24, 2.45) is 0 Å². The minimum atomic E-state index is -0.777. The van der Waals surface area contributed by atoms with Crippen molar-refractivity contribution in [3.63, 3.8) is 0 Å². The van der Waals surface area contributed by atoms with Crippen LogP contribution < -0.4 is 10.6 Å². The van der Waals surface area contributed by atoms with Gasteiger partial charge in [-0.25, -0.2) is 4.79 Å². The third-order valence-corrected chi connectivity index (χ3v) is 2.99. The average molecular weight is 270 g/mol. The van der Waals surface area contributed by atoms with Crippen molar-refractivity contribution in [1.29, 1.82) is 5.26 Å². The molecule has 0 saturated heterocycles. The summed E-state index contributed by atoms with van der Waals surface area (Å²) in [6.45, 7) is 1.79. The molecule has 1 heterocycles. The molecule has 2 rings (SSSR count). The number of methoxy groups -OCH3 is 1. The van der Waals surface area contributed by atoms with Crippen LogP contribution in [-0.2, 0) is 4.74 Å². The Hall–Kier alpha value is -2.94. The number of nitrogens with one attached hydrogen (secondary N) is 1. The first kappa shape index (κ1) is 13.5. The number of benzene rings is 1. The second-order valence-electron chi connectivity index (χ2n) is 4.16. The molecule has 1 aromatic carbocycles. The smallest absolute Gasteiger partial charge is 0.427 e. The van der Waals surface area contributed by atoms with Gasteiger partial charge in [-0.2, -0.15) is 10.2 Å². The topological polar surface area (TPSA) is 95.1 Å². The van der Waals surface area contributed by atoms with Crippen molar-refractivity contribution in [1.82, 2.24) is 4.98 Å². The van der Waals surface area contributed by atoms with Crippen LogP contribution in [0.4, 0.5) is 16.3 Å². The van der Waals surface area contributed by atoms with Gasteiger partial charge in [0.05, 0.1) is 12.8 Å². The number of anilines is 2. The van der Waals surface area contributed by atoms with Gasteiger partial charge in [0.15, 0.2) is 6.19 Å². The summed E-state index contributed by atoms with van der Waals surface area (Å²) in [7, 11) is 1.21. The van der Waals surface area contributed by atoms with Gasteiger partial charge in [0, 0.05) is 5.56 Å². The number of aromatic amines is 1. The molecule has 2 aromatic rings. The molecule has 1 aromatic heterocycles. The fourth-order valence-corrected chi connectivity index (χ4v) is 2.06. The molecular weight excluding hydrogens is 256 g/mol. The molecule has 0 radical (unpaired) electrons. The number of carbonyl (C=O) groups excluding carboxylic acids is 1. The van der Waals surface area contributed by atoms with Gasteiger partial charge in [0.1, 0.15) is 11.5 Å². The maximum absolute atomic E-state index is 11.6. The zero-order chi connectivity index (χ0) is 14.7. The van der Waals surface area contributed by atoms with Gasteiger partial charge in [-0.3, -0.25) is 0 Å². The molecule has 1 amide bonds. The van der Waals surface area contributed by atoms with E-state index in [-0.39, 0.29) is 5.82 Å². The summed E-state index contributed by atoms with van der Waals surface area (Å²) < 4.78 is 4.58. The van der Waals surface area contributed by atoms with Crippen molar-refractivity contribution < 1.29 is 9.53 Å². The van der Waals surface area contributed by atoms with E-state index in [2.05, 4.69) is 9.72 Å². The van der Waals surface area contributed by atoms with Gasteiger partial charge in [0.25, 0.3) is 0 Å². The molecule has 0 bridgehead atoms. The number of amides is 1. The summed E-state index contributed by atoms with van der Waals surface area (Å²) in [6.07, 6.45) is 0.997. The van der Waals surface area contributed by atoms with Crippen LogP contribution in [0.2, 0.25) is 0 Å². The van der Waals surface area contributed by atoms with Crippen LogP contribution in [0.1, 0.15) is 5.56 Å². The fraction of sp³-hybridized carbons (Fsp3) is 0.143. The maximum Gasteiger partial charge on any atom is 0.427 e. The molecule has 3 N–H and O–H groups in total. The van der Waals surface area contributed by atoms with Crippen molar-refractivity contribution in [3.8, 4) is 17.5 Å². The Morgan fingerprint density at radius 3 is 2.60 bits per heavy atom. The van der Waals surface area contributed by atoms with Crippen molar-refractivity contribution >= 4 is 17.6 Å². The van der Waals surface area contributed by atoms with Crippen molar-refractivity contribution in [2.75, 3.05) is 17.7 Å². The largest absolute Gasteiger partial charge is 0.452 e. The van der Waals surface area contributed by atoms with E-state index in [1.807, 2.05) is 30.3 Å². The molecule has 20 heavy (non-hydrogen) atoms. The first-order chi connectivity index (χ1) is 9.60. The average Bonchev–Trinajstić information content (AvgIpc) is 2.77. The number of hydrogen-bond donors (Lipinski definition) is 2.